The molecule has 11 heteroatoms. The zero-order valence-electron chi connectivity index (χ0n) is 22.3. The monoisotopic (exact) mass is 591 g/mol. The molecule has 41 heavy (non-hydrogen) atoms. The number of nitrogens with one attached hydrogen (secondary N) is 3. The molecule has 0 aliphatic carbocycles. The Kier molecular flexibility index (Phi) is 9.53. The minimum absolute atomic E-state index is 0.0808. The maximum absolute atomic E-state index is 14.0. The number of hydrogen-bond donors (Lipinski definition) is 3. The largest absolute Gasteiger partial charge is 0.465 e. The highest BCUT2D eigenvalue weighted by atomic mass is 32.2. The molecule has 1 heterocycles. The summed E-state index contributed by atoms with van der Waals surface area (Å²) in [6.07, 6.45) is 0. The van der Waals surface area contributed by atoms with E-state index in [9.17, 15) is 23.6 Å². The minimum atomic E-state index is -0.675. The van der Waals surface area contributed by atoms with Crippen LogP contribution in [0.3, 0.4) is 0 Å². The van der Waals surface area contributed by atoms with Crippen LogP contribution in [0.15, 0.2) is 83.8 Å². The van der Waals surface area contributed by atoms with Crippen LogP contribution in [-0.2, 0) is 9.53 Å². The van der Waals surface area contributed by atoms with Crippen LogP contribution in [0.4, 0.5) is 20.8 Å². The minimum Gasteiger partial charge on any atom is -0.465 e. The highest BCUT2D eigenvalue weighted by Gasteiger charge is 2.27. The molecule has 4 rings (SSSR count). The number of rotatable bonds is 9. The number of thiophene rings is 1. The number of methoxy groups -OCH3 is 1. The molecular formula is C30H26FN3O5S2. The van der Waals surface area contributed by atoms with Gasteiger partial charge in [0.05, 0.1) is 28.4 Å². The lowest BCUT2D eigenvalue weighted by atomic mass is 10.1. The van der Waals surface area contributed by atoms with E-state index in [1.54, 1.807) is 68.4 Å². The standard InChI is InChI=1S/C30H26FN3O5S2/c1-17-24(30(38)39-3)29(41-25(17)28(37)32-19-10-5-4-6-11-19)34-26(35)18(2)40-21-13-9-12-20(16-21)33-27(36)22-14-7-8-15-23(22)31/h4-16,18H,1-3H3,(H,32,37)(H,33,36)(H,34,35). The summed E-state index contributed by atoms with van der Waals surface area (Å²) in [6, 6.07) is 21.4. The predicted octanol–water partition coefficient (Wildman–Crippen LogP) is 6.61. The topological polar surface area (TPSA) is 114 Å². The third-order valence-electron chi connectivity index (χ3n) is 5.90. The third-order valence-corrected chi connectivity index (χ3v) is 8.20. The number of ether oxygens (including phenoxy) is 1. The number of benzene rings is 3. The molecule has 3 amide bonds. The molecule has 0 aliphatic rings. The van der Waals surface area contributed by atoms with Crippen molar-refractivity contribution in [1.29, 1.82) is 0 Å². The molecule has 0 fully saturated rings. The van der Waals surface area contributed by atoms with Crippen molar-refractivity contribution in [1.82, 2.24) is 0 Å². The number of carbonyl (C=O) groups excluding carboxylic acids is 4. The quantitative estimate of drug-likeness (QED) is 0.149. The van der Waals surface area contributed by atoms with Crippen LogP contribution in [-0.4, -0.2) is 36.1 Å². The van der Waals surface area contributed by atoms with Crippen LogP contribution in [0.2, 0.25) is 0 Å². The van der Waals surface area contributed by atoms with Gasteiger partial charge >= 0.3 is 5.97 Å². The Morgan fingerprint density at radius 3 is 2.22 bits per heavy atom. The fourth-order valence-electron chi connectivity index (χ4n) is 3.84. The zero-order valence-corrected chi connectivity index (χ0v) is 24.0. The lowest BCUT2D eigenvalue weighted by Crippen LogP contribution is -2.23. The molecule has 3 N–H and O–H groups in total. The van der Waals surface area contributed by atoms with E-state index in [4.69, 9.17) is 4.74 Å². The molecular weight excluding hydrogens is 565 g/mol. The maximum atomic E-state index is 14.0. The van der Waals surface area contributed by atoms with Crippen molar-refractivity contribution >= 4 is 63.2 Å². The first kappa shape index (κ1) is 29.5. The fraction of sp³-hybridized carbons (Fsp3) is 0.133. The molecule has 8 nitrogen and oxygen atoms in total. The first-order chi connectivity index (χ1) is 19.7. The van der Waals surface area contributed by atoms with E-state index in [0.717, 1.165) is 11.3 Å². The van der Waals surface area contributed by atoms with Gasteiger partial charge in [-0.2, -0.15) is 0 Å². The average molecular weight is 592 g/mol. The Labute approximate surface area is 244 Å². The van der Waals surface area contributed by atoms with Crippen molar-refractivity contribution < 1.29 is 28.3 Å². The number of para-hydroxylation sites is 1. The predicted molar refractivity (Wildman–Crippen MR) is 160 cm³/mol. The Hall–Kier alpha value is -4.48. The molecule has 0 aliphatic heterocycles. The van der Waals surface area contributed by atoms with Crippen LogP contribution < -0.4 is 16.0 Å². The summed E-state index contributed by atoms with van der Waals surface area (Å²) in [7, 11) is 1.23. The van der Waals surface area contributed by atoms with Gasteiger partial charge in [-0.3, -0.25) is 14.4 Å². The molecule has 0 saturated heterocycles. The molecule has 0 bridgehead atoms. The summed E-state index contributed by atoms with van der Waals surface area (Å²) in [6.45, 7) is 3.31. The van der Waals surface area contributed by atoms with Crippen molar-refractivity contribution in [3.05, 3.63) is 106 Å². The summed E-state index contributed by atoms with van der Waals surface area (Å²) in [5.74, 6) is -2.71. The van der Waals surface area contributed by atoms with Crippen molar-refractivity contribution in [3.63, 3.8) is 0 Å². The molecule has 1 unspecified atom stereocenters. The SMILES string of the molecule is COC(=O)c1c(NC(=O)C(C)Sc2cccc(NC(=O)c3ccccc3F)c2)sc(C(=O)Nc2ccccc2)c1C. The number of halogens is 1. The number of thioether (sulfide) groups is 1. The second kappa shape index (κ2) is 13.2. The van der Waals surface area contributed by atoms with Crippen LogP contribution in [0.5, 0.6) is 0 Å². The van der Waals surface area contributed by atoms with Crippen molar-refractivity contribution in [2.24, 2.45) is 0 Å². The maximum Gasteiger partial charge on any atom is 0.341 e. The Bertz CT molecular complexity index is 1610. The van der Waals surface area contributed by atoms with Gasteiger partial charge in [0, 0.05) is 16.3 Å². The summed E-state index contributed by atoms with van der Waals surface area (Å²) in [5, 5.41) is 7.80. The average Bonchev–Trinajstić information content (AvgIpc) is 3.28. The first-order valence-electron chi connectivity index (χ1n) is 12.4. The van der Waals surface area contributed by atoms with Crippen LogP contribution in [0, 0.1) is 12.7 Å². The molecule has 3 aromatic carbocycles. The van der Waals surface area contributed by atoms with Gasteiger partial charge in [-0.05, 0) is 61.9 Å². The fourth-order valence-corrected chi connectivity index (χ4v) is 5.86. The Balaban J connectivity index is 1.47. The lowest BCUT2D eigenvalue weighted by Gasteiger charge is -2.13. The van der Waals surface area contributed by atoms with Gasteiger partial charge in [0.15, 0.2) is 0 Å². The molecule has 210 valence electrons. The first-order valence-corrected chi connectivity index (χ1v) is 14.1. The lowest BCUT2D eigenvalue weighted by molar-refractivity contribution is -0.115. The van der Waals surface area contributed by atoms with Gasteiger partial charge in [-0.25, -0.2) is 9.18 Å². The third kappa shape index (κ3) is 7.19. The van der Waals surface area contributed by atoms with Crippen molar-refractivity contribution in [2.45, 2.75) is 24.0 Å². The second-order valence-corrected chi connectivity index (χ2v) is 11.2. The van der Waals surface area contributed by atoms with Crippen LogP contribution in [0.25, 0.3) is 0 Å². The summed E-state index contributed by atoms with van der Waals surface area (Å²) < 4.78 is 18.9. The number of amides is 3. The normalized spacial score (nSPS) is 11.3. The van der Waals surface area contributed by atoms with Gasteiger partial charge in [0.25, 0.3) is 11.8 Å². The van der Waals surface area contributed by atoms with E-state index in [2.05, 4.69) is 16.0 Å². The molecule has 0 spiro atoms. The van der Waals surface area contributed by atoms with Gasteiger partial charge in [0.2, 0.25) is 5.91 Å². The van der Waals surface area contributed by atoms with E-state index in [-0.39, 0.29) is 21.0 Å². The molecule has 1 aromatic heterocycles. The number of esters is 1. The second-order valence-electron chi connectivity index (χ2n) is 8.78. The van der Waals surface area contributed by atoms with Crippen molar-refractivity contribution in [2.75, 3.05) is 23.1 Å². The van der Waals surface area contributed by atoms with E-state index in [1.165, 1.54) is 37.1 Å². The van der Waals surface area contributed by atoms with Gasteiger partial charge in [-0.1, -0.05) is 36.4 Å². The summed E-state index contributed by atoms with van der Waals surface area (Å²) in [4.78, 5) is 52.1. The number of carbonyl (C=O) groups is 4. The van der Waals surface area contributed by atoms with Gasteiger partial charge in [-0.15, -0.1) is 23.1 Å². The van der Waals surface area contributed by atoms with Crippen molar-refractivity contribution in [3.8, 4) is 0 Å². The highest BCUT2D eigenvalue weighted by Crippen LogP contribution is 2.35. The molecule has 0 radical (unpaired) electrons. The van der Waals surface area contributed by atoms with E-state index >= 15 is 0 Å². The van der Waals surface area contributed by atoms with Crippen LogP contribution in [0.1, 0.15) is 42.9 Å². The Morgan fingerprint density at radius 1 is 0.854 bits per heavy atom. The van der Waals surface area contributed by atoms with E-state index < -0.39 is 34.8 Å². The number of hydrogen-bond acceptors (Lipinski definition) is 7. The number of anilines is 3. The van der Waals surface area contributed by atoms with Gasteiger partial charge < -0.3 is 20.7 Å². The van der Waals surface area contributed by atoms with E-state index in [0.29, 0.717) is 21.8 Å². The summed E-state index contributed by atoms with van der Waals surface area (Å²) >= 11 is 2.21. The highest BCUT2D eigenvalue weighted by molar-refractivity contribution is 8.00. The molecule has 1 atom stereocenters. The molecule has 0 saturated carbocycles. The molecule has 4 aromatic rings. The summed E-state index contributed by atoms with van der Waals surface area (Å²) in [5.41, 5.74) is 1.45. The van der Waals surface area contributed by atoms with E-state index in [1.807, 2.05) is 6.07 Å². The Morgan fingerprint density at radius 2 is 1.51 bits per heavy atom. The smallest absolute Gasteiger partial charge is 0.341 e. The van der Waals surface area contributed by atoms with Gasteiger partial charge in [0.1, 0.15) is 10.8 Å². The zero-order chi connectivity index (χ0) is 29.5. The van der Waals surface area contributed by atoms with Crippen LogP contribution >= 0.6 is 23.1 Å².